The summed E-state index contributed by atoms with van der Waals surface area (Å²) in [7, 11) is -10.0. The molecule has 0 amide bonds. The van der Waals surface area contributed by atoms with Crippen molar-refractivity contribution in [3.63, 3.8) is 0 Å². The Labute approximate surface area is 591 Å². The second-order valence-electron chi connectivity index (χ2n) is 23.8. The lowest BCUT2D eigenvalue weighted by Crippen LogP contribution is -2.30. The number of phosphoric ester groups is 2. The molecule has 556 valence electrons. The van der Waals surface area contributed by atoms with Crippen molar-refractivity contribution in [2.75, 3.05) is 39.6 Å². The topological polar surface area (TPSA) is 237 Å². The van der Waals surface area contributed by atoms with Crippen LogP contribution in [-0.2, 0) is 65.4 Å². The Morgan fingerprint density at radius 1 is 0.306 bits per heavy atom. The van der Waals surface area contributed by atoms with E-state index < -0.39 is 97.5 Å². The van der Waals surface area contributed by atoms with Crippen LogP contribution in [0.1, 0.15) is 259 Å². The summed E-state index contributed by atoms with van der Waals surface area (Å²) in [5.74, 6) is -2.45. The summed E-state index contributed by atoms with van der Waals surface area (Å²) in [6.07, 6.45) is 80.1. The smallest absolute Gasteiger partial charge is 0.462 e. The molecule has 0 radical (unpaired) electrons. The molecule has 0 saturated carbocycles. The first-order chi connectivity index (χ1) is 47.7. The minimum absolute atomic E-state index is 0.0113. The second-order valence-corrected chi connectivity index (χ2v) is 26.7. The summed E-state index contributed by atoms with van der Waals surface area (Å²) < 4.78 is 68.1. The van der Waals surface area contributed by atoms with Crippen LogP contribution in [0.2, 0.25) is 0 Å². The van der Waals surface area contributed by atoms with E-state index in [1.54, 1.807) is 12.2 Å². The van der Waals surface area contributed by atoms with Crippen LogP contribution in [-0.4, -0.2) is 96.7 Å². The van der Waals surface area contributed by atoms with E-state index in [-0.39, 0.29) is 25.7 Å². The van der Waals surface area contributed by atoms with E-state index >= 15 is 0 Å². The highest BCUT2D eigenvalue weighted by Gasteiger charge is 2.30. The highest BCUT2D eigenvalue weighted by atomic mass is 31.2. The van der Waals surface area contributed by atoms with E-state index in [2.05, 4.69) is 143 Å². The fraction of sp³-hybridized carbons (Fsp3) is 0.620. The molecule has 0 aliphatic carbocycles. The molecule has 3 N–H and O–H groups in total. The first-order valence-corrected chi connectivity index (χ1v) is 39.7. The molecule has 0 bridgehead atoms. The fourth-order valence-corrected chi connectivity index (χ4v) is 10.6. The Morgan fingerprint density at radius 2 is 0.612 bits per heavy atom. The van der Waals surface area contributed by atoms with Gasteiger partial charge in [-0.25, -0.2) is 9.13 Å². The Bertz CT molecular complexity index is 2480. The van der Waals surface area contributed by atoms with Gasteiger partial charge in [0.05, 0.1) is 32.8 Å². The van der Waals surface area contributed by atoms with Crippen LogP contribution in [0.25, 0.3) is 0 Å². The van der Waals surface area contributed by atoms with Crippen LogP contribution in [0.3, 0.4) is 0 Å². The number of carbonyl (C=O) groups excluding carboxylic acids is 4. The lowest BCUT2D eigenvalue weighted by atomic mass is 10.1. The number of hydrogen-bond acceptors (Lipinski definition) is 15. The molecule has 0 spiro atoms. The van der Waals surface area contributed by atoms with Crippen LogP contribution in [0.5, 0.6) is 0 Å². The van der Waals surface area contributed by atoms with Gasteiger partial charge in [0.2, 0.25) is 0 Å². The third-order valence-electron chi connectivity index (χ3n) is 14.5. The first kappa shape index (κ1) is 92.7. The monoisotopic (exact) mass is 1410 g/mol. The highest BCUT2D eigenvalue weighted by molar-refractivity contribution is 7.47. The molecule has 5 atom stereocenters. The van der Waals surface area contributed by atoms with E-state index in [1.807, 2.05) is 30.4 Å². The van der Waals surface area contributed by atoms with Crippen molar-refractivity contribution in [1.82, 2.24) is 0 Å². The molecule has 0 aromatic rings. The molecule has 0 aromatic heterocycles. The van der Waals surface area contributed by atoms with Crippen LogP contribution >= 0.6 is 15.6 Å². The van der Waals surface area contributed by atoms with E-state index in [9.17, 15) is 43.2 Å². The Morgan fingerprint density at radius 3 is 1.01 bits per heavy atom. The number of allylic oxidation sites excluding steroid dienone is 25. The summed E-state index contributed by atoms with van der Waals surface area (Å²) in [5, 5.41) is 10.6. The van der Waals surface area contributed by atoms with Gasteiger partial charge in [0.25, 0.3) is 0 Å². The van der Waals surface area contributed by atoms with Crippen molar-refractivity contribution in [3.05, 3.63) is 158 Å². The maximum absolute atomic E-state index is 13.0. The lowest BCUT2D eigenvalue weighted by Gasteiger charge is -2.21. The van der Waals surface area contributed by atoms with Crippen molar-refractivity contribution in [2.24, 2.45) is 0 Å². The largest absolute Gasteiger partial charge is 0.472 e. The van der Waals surface area contributed by atoms with Crippen LogP contribution < -0.4 is 0 Å². The van der Waals surface area contributed by atoms with Gasteiger partial charge in [-0.05, 0) is 116 Å². The minimum Gasteiger partial charge on any atom is -0.462 e. The second kappa shape index (κ2) is 70.1. The standard InChI is InChI=1S/C79H128O17P2/c1-5-9-13-17-21-25-29-32-34-35-36-37-39-41-45-48-52-56-60-64-77(82)90-70-75(96-79(84)66-62-58-54-50-46-42-38-33-30-26-22-18-14-10-6-2)72-94-98(87,88)92-68-73(80)67-91-97(85,86)93-71-74(95-78(83)65-61-57-53-49-43-28-24-20-16-12-8-4)69-89-76(81)63-59-55-51-47-44-40-31-27-23-19-15-11-7-3/h9-10,13-15,19,21-22,25-27,31-34,36-38,41,45-46,50,52,56,58,62,73-75,80H,5-8,11-12,16-18,20,23-24,28-30,35,39-40,42-44,47-49,51,53-55,57,59-61,63-72H2,1-4H3,(H,85,86)(H,87,88)/b13-9-,14-10-,19-15-,25-21-,26-22-,31-27-,34-32-,37-36-,38-33-,45-41-,50-46-,56-52-,62-58-. The number of esters is 4. The number of hydrogen-bond donors (Lipinski definition) is 3. The quantitative estimate of drug-likeness (QED) is 0.0169. The van der Waals surface area contributed by atoms with Crippen LogP contribution in [0, 0.1) is 0 Å². The van der Waals surface area contributed by atoms with Gasteiger partial charge >= 0.3 is 39.5 Å². The first-order valence-electron chi connectivity index (χ1n) is 36.7. The number of rotatable bonds is 67. The third kappa shape index (κ3) is 69.2. The zero-order valence-corrected chi connectivity index (χ0v) is 62.2. The number of aliphatic hydroxyl groups is 1. The van der Waals surface area contributed by atoms with E-state index in [4.69, 9.17) is 37.0 Å². The molecular formula is C79H128O17P2. The number of carbonyl (C=O) groups is 4. The molecule has 0 aliphatic rings. The number of phosphoric acid groups is 2. The number of unbranched alkanes of at least 4 members (excludes halogenated alkanes) is 16. The van der Waals surface area contributed by atoms with Gasteiger partial charge in [-0.2, -0.15) is 0 Å². The third-order valence-corrected chi connectivity index (χ3v) is 16.4. The number of ether oxygens (including phenoxy) is 4. The van der Waals surface area contributed by atoms with Gasteiger partial charge in [-0.15, -0.1) is 0 Å². The van der Waals surface area contributed by atoms with Gasteiger partial charge in [-0.3, -0.25) is 37.3 Å². The zero-order valence-electron chi connectivity index (χ0n) is 60.4. The van der Waals surface area contributed by atoms with Gasteiger partial charge in [-0.1, -0.05) is 276 Å². The van der Waals surface area contributed by atoms with Gasteiger partial charge in [0.15, 0.2) is 12.2 Å². The predicted octanol–water partition coefficient (Wildman–Crippen LogP) is 20.9. The zero-order chi connectivity index (χ0) is 71.8. The summed E-state index contributed by atoms with van der Waals surface area (Å²) >= 11 is 0. The molecule has 0 heterocycles. The van der Waals surface area contributed by atoms with E-state index in [0.29, 0.717) is 32.1 Å². The average molecular weight is 1410 g/mol. The Hall–Kier alpha value is -5.32. The molecule has 98 heavy (non-hydrogen) atoms. The Balaban J connectivity index is 5.48. The van der Waals surface area contributed by atoms with Crippen molar-refractivity contribution in [3.8, 4) is 0 Å². The van der Waals surface area contributed by atoms with Crippen molar-refractivity contribution < 1.29 is 80.2 Å². The fourth-order valence-electron chi connectivity index (χ4n) is 9.00. The SMILES string of the molecule is CC/C=C\C/C=C\C/C=C\C/C=C\C/C=C\C/C=C\CCC(=O)OCC(COP(=O)(O)OCC(O)COP(=O)(O)OCC(COC(=O)CCCCCCC/C=C\C/C=C\CCC)OC(=O)CCCCCCCCCCCCC)OC(=O)C/C=C\C/C=C\C/C=C\C/C=C\C/C=C\CC. The normalized spacial score (nSPS) is 14.9. The van der Waals surface area contributed by atoms with Crippen molar-refractivity contribution in [2.45, 2.75) is 277 Å². The van der Waals surface area contributed by atoms with Crippen molar-refractivity contribution in [1.29, 1.82) is 0 Å². The molecule has 0 aromatic carbocycles. The predicted molar refractivity (Wildman–Crippen MR) is 399 cm³/mol. The molecule has 5 unspecified atom stereocenters. The average Bonchev–Trinajstić information content (AvgIpc) is 0.992. The van der Waals surface area contributed by atoms with E-state index in [0.717, 1.165) is 135 Å². The highest BCUT2D eigenvalue weighted by Crippen LogP contribution is 2.45. The summed E-state index contributed by atoms with van der Waals surface area (Å²) in [6.45, 7) is 4.32. The number of aliphatic hydroxyl groups excluding tert-OH is 1. The minimum atomic E-state index is -5.02. The molecular weight excluding hydrogens is 1280 g/mol. The molecule has 0 fully saturated rings. The molecule has 0 aliphatic heterocycles. The van der Waals surface area contributed by atoms with Gasteiger partial charge in [0.1, 0.15) is 19.3 Å². The maximum atomic E-state index is 13.0. The maximum Gasteiger partial charge on any atom is 0.472 e. The van der Waals surface area contributed by atoms with Gasteiger partial charge < -0.3 is 33.8 Å². The lowest BCUT2D eigenvalue weighted by molar-refractivity contribution is -0.161. The summed E-state index contributed by atoms with van der Waals surface area (Å²) in [5.41, 5.74) is 0. The molecule has 0 saturated heterocycles. The van der Waals surface area contributed by atoms with Gasteiger partial charge in [0, 0.05) is 19.3 Å². The van der Waals surface area contributed by atoms with Crippen molar-refractivity contribution >= 4 is 39.5 Å². The molecule has 0 rings (SSSR count). The summed E-state index contributed by atoms with van der Waals surface area (Å²) in [6, 6.07) is 0. The van der Waals surface area contributed by atoms with Crippen LogP contribution in [0.4, 0.5) is 0 Å². The molecule has 19 heteroatoms. The Kier molecular flexibility index (Phi) is 66.3. The van der Waals surface area contributed by atoms with Crippen LogP contribution in [0.15, 0.2) is 158 Å². The summed E-state index contributed by atoms with van der Waals surface area (Å²) in [4.78, 5) is 72.6. The van der Waals surface area contributed by atoms with E-state index in [1.165, 1.54) is 38.5 Å². The molecule has 17 nitrogen and oxygen atoms in total.